The molecule has 1 aliphatic rings. The summed E-state index contributed by atoms with van der Waals surface area (Å²) in [5, 5.41) is 0. The molecule has 0 aliphatic carbocycles. The van der Waals surface area contributed by atoms with Gasteiger partial charge in [-0.15, -0.1) is 0 Å². The summed E-state index contributed by atoms with van der Waals surface area (Å²) in [5.41, 5.74) is 0. The van der Waals surface area contributed by atoms with Crippen LogP contribution in [-0.4, -0.2) is 37.2 Å². The minimum atomic E-state index is 0.378. The maximum atomic E-state index is 5.52. The van der Waals surface area contributed by atoms with Crippen LogP contribution in [0.15, 0.2) is 0 Å². The van der Waals surface area contributed by atoms with E-state index >= 15 is 0 Å². The standard InChI is InChI=1S/C12H25NO/c1-10(2)7-12-8-13(9-12)5-6-14-11(3)4/h10-12H,5-9H2,1-4H3. The van der Waals surface area contributed by atoms with Crippen molar-refractivity contribution in [2.45, 2.75) is 40.2 Å². The molecule has 0 spiro atoms. The lowest BCUT2D eigenvalue weighted by molar-refractivity contribution is 0.0200. The van der Waals surface area contributed by atoms with E-state index in [0.717, 1.165) is 25.0 Å². The molecule has 1 rings (SSSR count). The molecule has 0 bridgehead atoms. The number of likely N-dealkylation sites (tertiary alicyclic amines) is 1. The van der Waals surface area contributed by atoms with Crippen LogP contribution in [0.4, 0.5) is 0 Å². The van der Waals surface area contributed by atoms with Crippen molar-refractivity contribution in [1.82, 2.24) is 4.90 Å². The molecule has 0 saturated carbocycles. The van der Waals surface area contributed by atoms with Gasteiger partial charge >= 0.3 is 0 Å². The van der Waals surface area contributed by atoms with Gasteiger partial charge in [0.2, 0.25) is 0 Å². The molecule has 0 amide bonds. The largest absolute Gasteiger partial charge is 0.377 e. The van der Waals surface area contributed by atoms with E-state index < -0.39 is 0 Å². The van der Waals surface area contributed by atoms with E-state index in [2.05, 4.69) is 32.6 Å². The van der Waals surface area contributed by atoms with Gasteiger partial charge in [0, 0.05) is 19.6 Å². The smallest absolute Gasteiger partial charge is 0.0596 e. The topological polar surface area (TPSA) is 12.5 Å². The maximum Gasteiger partial charge on any atom is 0.0596 e. The van der Waals surface area contributed by atoms with Gasteiger partial charge in [-0.05, 0) is 32.1 Å². The summed E-state index contributed by atoms with van der Waals surface area (Å²) in [7, 11) is 0. The Balaban J connectivity index is 1.94. The summed E-state index contributed by atoms with van der Waals surface area (Å²) >= 11 is 0. The van der Waals surface area contributed by atoms with E-state index in [4.69, 9.17) is 4.74 Å². The third kappa shape index (κ3) is 4.43. The predicted octanol–water partition coefficient (Wildman–Crippen LogP) is 2.39. The Bertz CT molecular complexity index is 148. The molecule has 0 unspecified atom stereocenters. The fraction of sp³-hybridized carbons (Fsp3) is 1.00. The molecule has 0 aromatic rings. The second-order valence-corrected chi connectivity index (χ2v) is 5.17. The number of hydrogen-bond acceptors (Lipinski definition) is 2. The molecule has 0 radical (unpaired) electrons. The summed E-state index contributed by atoms with van der Waals surface area (Å²) < 4.78 is 5.52. The minimum Gasteiger partial charge on any atom is -0.377 e. The van der Waals surface area contributed by atoms with Crippen LogP contribution in [0.1, 0.15) is 34.1 Å². The number of hydrogen-bond donors (Lipinski definition) is 0. The molecule has 84 valence electrons. The second-order valence-electron chi connectivity index (χ2n) is 5.17. The van der Waals surface area contributed by atoms with Gasteiger partial charge in [-0.25, -0.2) is 0 Å². The zero-order valence-corrected chi connectivity index (χ0v) is 10.1. The van der Waals surface area contributed by atoms with Crippen molar-refractivity contribution in [3.63, 3.8) is 0 Å². The summed E-state index contributed by atoms with van der Waals surface area (Å²) in [6.07, 6.45) is 1.77. The number of nitrogens with zero attached hydrogens (tertiary/aromatic N) is 1. The van der Waals surface area contributed by atoms with Crippen LogP contribution in [0, 0.1) is 11.8 Å². The molecule has 1 saturated heterocycles. The third-order valence-electron chi connectivity index (χ3n) is 2.70. The Kier molecular flexibility index (Phi) is 4.90. The van der Waals surface area contributed by atoms with Gasteiger partial charge in [0.05, 0.1) is 12.7 Å². The molecule has 0 aromatic carbocycles. The predicted molar refractivity (Wildman–Crippen MR) is 60.5 cm³/mol. The van der Waals surface area contributed by atoms with E-state index in [1.165, 1.54) is 19.5 Å². The Morgan fingerprint density at radius 2 is 1.86 bits per heavy atom. The Morgan fingerprint density at radius 1 is 1.21 bits per heavy atom. The first-order valence-electron chi connectivity index (χ1n) is 5.92. The van der Waals surface area contributed by atoms with Crippen LogP contribution in [0.3, 0.4) is 0 Å². The zero-order valence-electron chi connectivity index (χ0n) is 10.1. The van der Waals surface area contributed by atoms with E-state index in [1.54, 1.807) is 0 Å². The summed E-state index contributed by atoms with van der Waals surface area (Å²) in [4.78, 5) is 2.50. The van der Waals surface area contributed by atoms with Crippen LogP contribution in [0.2, 0.25) is 0 Å². The fourth-order valence-electron chi connectivity index (χ4n) is 2.09. The lowest BCUT2D eigenvalue weighted by Gasteiger charge is -2.40. The SMILES string of the molecule is CC(C)CC1CN(CCOC(C)C)C1. The average molecular weight is 199 g/mol. The summed E-state index contributed by atoms with van der Waals surface area (Å²) in [6, 6.07) is 0. The first kappa shape index (κ1) is 12.0. The van der Waals surface area contributed by atoms with Crippen molar-refractivity contribution in [1.29, 1.82) is 0 Å². The lowest BCUT2D eigenvalue weighted by Crippen LogP contribution is -2.48. The first-order valence-corrected chi connectivity index (χ1v) is 5.92. The molecule has 1 aliphatic heterocycles. The van der Waals surface area contributed by atoms with Gasteiger partial charge in [0.25, 0.3) is 0 Å². The number of rotatable bonds is 6. The Hall–Kier alpha value is -0.0800. The molecule has 1 fully saturated rings. The second kappa shape index (κ2) is 5.72. The molecule has 1 heterocycles. The van der Waals surface area contributed by atoms with Crippen molar-refractivity contribution < 1.29 is 4.74 Å². The average Bonchev–Trinajstić information content (AvgIpc) is 1.98. The van der Waals surface area contributed by atoms with E-state index in [9.17, 15) is 0 Å². The van der Waals surface area contributed by atoms with Crippen LogP contribution >= 0.6 is 0 Å². The van der Waals surface area contributed by atoms with Gasteiger partial charge in [-0.2, -0.15) is 0 Å². The van der Waals surface area contributed by atoms with Crippen LogP contribution in [-0.2, 0) is 4.74 Å². The van der Waals surface area contributed by atoms with Crippen LogP contribution in [0.25, 0.3) is 0 Å². The highest BCUT2D eigenvalue weighted by Gasteiger charge is 2.26. The molecule has 2 heteroatoms. The van der Waals surface area contributed by atoms with Gasteiger partial charge in [-0.3, -0.25) is 0 Å². The summed E-state index contributed by atoms with van der Waals surface area (Å²) in [5.74, 6) is 1.81. The molecule has 14 heavy (non-hydrogen) atoms. The molecular weight excluding hydrogens is 174 g/mol. The highest BCUT2D eigenvalue weighted by Crippen LogP contribution is 2.22. The molecule has 2 nitrogen and oxygen atoms in total. The van der Waals surface area contributed by atoms with E-state index in [1.807, 2.05) is 0 Å². The first-order chi connectivity index (χ1) is 6.58. The summed E-state index contributed by atoms with van der Waals surface area (Å²) in [6.45, 7) is 13.4. The van der Waals surface area contributed by atoms with E-state index in [-0.39, 0.29) is 0 Å². The van der Waals surface area contributed by atoms with Crippen molar-refractivity contribution in [3.05, 3.63) is 0 Å². The molecule has 0 aromatic heterocycles. The molecular formula is C12H25NO. The van der Waals surface area contributed by atoms with Crippen molar-refractivity contribution in [2.75, 3.05) is 26.2 Å². The van der Waals surface area contributed by atoms with Crippen molar-refractivity contribution >= 4 is 0 Å². The third-order valence-corrected chi connectivity index (χ3v) is 2.70. The van der Waals surface area contributed by atoms with Gasteiger partial charge in [0.15, 0.2) is 0 Å². The van der Waals surface area contributed by atoms with Crippen LogP contribution < -0.4 is 0 Å². The minimum absolute atomic E-state index is 0.378. The fourth-order valence-corrected chi connectivity index (χ4v) is 2.09. The number of ether oxygens (including phenoxy) is 1. The zero-order chi connectivity index (χ0) is 10.6. The highest BCUT2D eigenvalue weighted by atomic mass is 16.5. The quantitative estimate of drug-likeness (QED) is 0.651. The molecule has 0 atom stereocenters. The Labute approximate surface area is 88.6 Å². The molecule has 0 N–H and O–H groups in total. The van der Waals surface area contributed by atoms with Gasteiger partial charge in [0.1, 0.15) is 0 Å². The lowest BCUT2D eigenvalue weighted by atomic mass is 9.90. The van der Waals surface area contributed by atoms with Gasteiger partial charge < -0.3 is 9.64 Å². The maximum absolute atomic E-state index is 5.52. The van der Waals surface area contributed by atoms with Crippen molar-refractivity contribution in [2.24, 2.45) is 11.8 Å². The van der Waals surface area contributed by atoms with E-state index in [0.29, 0.717) is 6.10 Å². The Morgan fingerprint density at radius 3 is 2.36 bits per heavy atom. The van der Waals surface area contributed by atoms with Crippen molar-refractivity contribution in [3.8, 4) is 0 Å². The van der Waals surface area contributed by atoms with Crippen LogP contribution in [0.5, 0.6) is 0 Å². The normalized spacial score (nSPS) is 19.3. The van der Waals surface area contributed by atoms with Gasteiger partial charge in [-0.1, -0.05) is 13.8 Å². The monoisotopic (exact) mass is 199 g/mol. The highest BCUT2D eigenvalue weighted by molar-refractivity contribution is 4.80.